The Morgan fingerprint density at radius 1 is 0.906 bits per heavy atom. The topological polar surface area (TPSA) is 78.4 Å². The molecule has 1 aliphatic heterocycles. The van der Waals surface area contributed by atoms with E-state index in [-0.39, 0.29) is 4.90 Å². The molecule has 1 aromatic heterocycles. The summed E-state index contributed by atoms with van der Waals surface area (Å²) in [4.78, 5) is 11.5. The first kappa shape index (κ1) is 22.5. The number of aromatic nitrogens is 2. The summed E-state index contributed by atoms with van der Waals surface area (Å²) >= 11 is 6.05. The van der Waals surface area contributed by atoms with Crippen LogP contribution in [0, 0.1) is 20.8 Å². The van der Waals surface area contributed by atoms with Gasteiger partial charge >= 0.3 is 0 Å². The zero-order valence-corrected chi connectivity index (χ0v) is 19.9. The predicted octanol–water partition coefficient (Wildman–Crippen LogP) is 4.31. The van der Waals surface area contributed by atoms with Crippen molar-refractivity contribution in [2.75, 3.05) is 36.4 Å². The summed E-state index contributed by atoms with van der Waals surface area (Å²) in [5, 5.41) is 3.73. The Labute approximate surface area is 194 Å². The minimum atomic E-state index is -3.61. The Balaban J connectivity index is 1.49. The van der Waals surface area contributed by atoms with E-state index in [0.717, 1.165) is 11.4 Å². The molecule has 1 saturated heterocycles. The summed E-state index contributed by atoms with van der Waals surface area (Å²) in [5.74, 6) is 1.30. The van der Waals surface area contributed by atoms with E-state index in [0.29, 0.717) is 48.5 Å². The molecule has 0 unspecified atom stereocenters. The molecule has 7 nitrogen and oxygen atoms in total. The van der Waals surface area contributed by atoms with E-state index in [4.69, 9.17) is 11.6 Å². The number of benzene rings is 2. The molecule has 2 heterocycles. The number of nitrogens with one attached hydrogen (secondary N) is 1. The molecule has 1 N–H and O–H groups in total. The standard InChI is InChI=1S/C23H26ClN5O2S/c1-16-4-8-20(9-5-16)26-22-14-18(3)25-23(27-22)28-10-12-29(13-11-28)32(30,31)21-15-19(24)7-6-17(21)2/h4-9,14-15H,10-13H2,1-3H3,(H,25,26,27). The van der Waals surface area contributed by atoms with Crippen LogP contribution in [0.1, 0.15) is 16.8 Å². The molecule has 0 radical (unpaired) electrons. The van der Waals surface area contributed by atoms with Crippen molar-refractivity contribution >= 4 is 39.1 Å². The van der Waals surface area contributed by atoms with Crippen molar-refractivity contribution in [2.45, 2.75) is 25.7 Å². The van der Waals surface area contributed by atoms with Gasteiger partial charge in [0.1, 0.15) is 5.82 Å². The molecule has 3 aromatic rings. The van der Waals surface area contributed by atoms with Crippen molar-refractivity contribution in [1.29, 1.82) is 0 Å². The average molecular weight is 472 g/mol. The Hall–Kier alpha value is -2.68. The zero-order valence-electron chi connectivity index (χ0n) is 18.3. The van der Waals surface area contributed by atoms with Gasteiger partial charge in [-0.2, -0.15) is 9.29 Å². The van der Waals surface area contributed by atoms with E-state index >= 15 is 0 Å². The number of sulfonamides is 1. The number of nitrogens with zero attached hydrogens (tertiary/aromatic N) is 4. The molecule has 0 aliphatic carbocycles. The molecule has 168 valence electrons. The first-order chi connectivity index (χ1) is 15.2. The fraction of sp³-hybridized carbons (Fsp3) is 0.304. The van der Waals surface area contributed by atoms with Crippen LogP contribution in [0.5, 0.6) is 0 Å². The van der Waals surface area contributed by atoms with Gasteiger partial charge in [0, 0.05) is 48.6 Å². The fourth-order valence-corrected chi connectivity index (χ4v) is 5.57. The number of aryl methyl sites for hydroxylation is 3. The minimum absolute atomic E-state index is 0.259. The molecule has 2 aromatic carbocycles. The smallest absolute Gasteiger partial charge is 0.243 e. The number of hydrogen-bond donors (Lipinski definition) is 1. The molecule has 0 saturated carbocycles. The number of halogens is 1. The summed E-state index contributed by atoms with van der Waals surface area (Å²) in [7, 11) is -3.61. The van der Waals surface area contributed by atoms with Crippen LogP contribution < -0.4 is 10.2 Å². The molecule has 9 heteroatoms. The van der Waals surface area contributed by atoms with Gasteiger partial charge < -0.3 is 10.2 Å². The Morgan fingerprint density at radius 3 is 2.28 bits per heavy atom. The first-order valence-electron chi connectivity index (χ1n) is 10.4. The largest absolute Gasteiger partial charge is 0.340 e. The van der Waals surface area contributed by atoms with E-state index < -0.39 is 10.0 Å². The molecule has 0 amide bonds. The third-order valence-corrected chi connectivity index (χ3v) is 7.73. The maximum atomic E-state index is 13.1. The molecule has 0 bridgehead atoms. The number of rotatable bonds is 5. The molecular weight excluding hydrogens is 446 g/mol. The lowest BCUT2D eigenvalue weighted by Gasteiger charge is -2.34. The van der Waals surface area contributed by atoms with E-state index in [9.17, 15) is 8.42 Å². The Morgan fingerprint density at radius 2 is 1.59 bits per heavy atom. The second-order valence-corrected chi connectivity index (χ2v) is 10.3. The van der Waals surface area contributed by atoms with Gasteiger partial charge in [-0.15, -0.1) is 0 Å². The molecule has 0 spiro atoms. The van der Waals surface area contributed by atoms with Gasteiger partial charge in [-0.3, -0.25) is 0 Å². The van der Waals surface area contributed by atoms with Crippen molar-refractivity contribution in [2.24, 2.45) is 0 Å². The highest BCUT2D eigenvalue weighted by Gasteiger charge is 2.30. The molecule has 32 heavy (non-hydrogen) atoms. The Kier molecular flexibility index (Phi) is 6.37. The molecule has 4 rings (SSSR count). The zero-order chi connectivity index (χ0) is 22.9. The van der Waals surface area contributed by atoms with E-state index in [1.54, 1.807) is 19.1 Å². The van der Waals surface area contributed by atoms with Crippen molar-refractivity contribution in [1.82, 2.24) is 14.3 Å². The van der Waals surface area contributed by atoms with Crippen molar-refractivity contribution in [3.63, 3.8) is 0 Å². The van der Waals surface area contributed by atoms with Crippen LogP contribution in [0.25, 0.3) is 0 Å². The van der Waals surface area contributed by atoms with Gasteiger partial charge in [-0.1, -0.05) is 35.4 Å². The molecule has 0 atom stereocenters. The van der Waals surface area contributed by atoms with Gasteiger partial charge in [0.2, 0.25) is 16.0 Å². The van der Waals surface area contributed by atoms with Gasteiger partial charge in [0.05, 0.1) is 4.90 Å². The predicted molar refractivity (Wildman–Crippen MR) is 128 cm³/mol. The minimum Gasteiger partial charge on any atom is -0.340 e. The van der Waals surface area contributed by atoms with Gasteiger partial charge in [-0.25, -0.2) is 13.4 Å². The van der Waals surface area contributed by atoms with Crippen LogP contribution in [-0.2, 0) is 10.0 Å². The van der Waals surface area contributed by atoms with Crippen LogP contribution in [-0.4, -0.2) is 48.9 Å². The van der Waals surface area contributed by atoms with Gasteiger partial charge in [-0.05, 0) is 50.6 Å². The highest BCUT2D eigenvalue weighted by molar-refractivity contribution is 7.89. The number of piperazine rings is 1. The van der Waals surface area contributed by atoms with Crippen LogP contribution in [0.4, 0.5) is 17.5 Å². The van der Waals surface area contributed by atoms with Gasteiger partial charge in [0.25, 0.3) is 0 Å². The van der Waals surface area contributed by atoms with Crippen molar-refractivity contribution < 1.29 is 8.42 Å². The van der Waals surface area contributed by atoms with E-state index in [1.165, 1.54) is 15.9 Å². The number of hydrogen-bond acceptors (Lipinski definition) is 6. The summed E-state index contributed by atoms with van der Waals surface area (Å²) in [5.41, 5.74) is 3.67. The molecule has 1 aliphatic rings. The van der Waals surface area contributed by atoms with Crippen LogP contribution in [0.3, 0.4) is 0 Å². The lowest BCUT2D eigenvalue weighted by Crippen LogP contribution is -2.49. The highest BCUT2D eigenvalue weighted by atomic mass is 35.5. The van der Waals surface area contributed by atoms with Crippen molar-refractivity contribution in [3.05, 3.63) is 70.4 Å². The summed E-state index contributed by atoms with van der Waals surface area (Å²) in [6, 6.07) is 14.9. The van der Waals surface area contributed by atoms with Crippen LogP contribution in [0.15, 0.2) is 53.4 Å². The average Bonchev–Trinajstić information content (AvgIpc) is 2.76. The fourth-order valence-electron chi connectivity index (χ4n) is 3.66. The summed E-state index contributed by atoms with van der Waals surface area (Å²) < 4.78 is 27.8. The third kappa shape index (κ3) is 4.87. The highest BCUT2D eigenvalue weighted by Crippen LogP contribution is 2.26. The first-order valence-corrected chi connectivity index (χ1v) is 12.2. The number of anilines is 3. The second-order valence-electron chi connectivity index (χ2n) is 7.99. The maximum absolute atomic E-state index is 13.1. The lowest BCUT2D eigenvalue weighted by atomic mass is 10.2. The third-order valence-electron chi connectivity index (χ3n) is 5.46. The van der Waals surface area contributed by atoms with Crippen LogP contribution >= 0.6 is 11.6 Å². The normalized spacial score (nSPS) is 15.1. The van der Waals surface area contributed by atoms with Crippen molar-refractivity contribution in [3.8, 4) is 0 Å². The molecular formula is C23H26ClN5O2S. The SMILES string of the molecule is Cc1ccc(Nc2cc(C)nc(N3CCN(S(=O)(=O)c4cc(Cl)ccc4C)CC3)n2)cc1. The van der Waals surface area contributed by atoms with Crippen LogP contribution in [0.2, 0.25) is 5.02 Å². The summed E-state index contributed by atoms with van der Waals surface area (Å²) in [6.45, 7) is 7.47. The second kappa shape index (κ2) is 9.05. The van der Waals surface area contributed by atoms with E-state index in [1.807, 2.05) is 49.1 Å². The monoisotopic (exact) mass is 471 g/mol. The Bertz CT molecular complexity index is 1220. The molecule has 1 fully saturated rings. The lowest BCUT2D eigenvalue weighted by molar-refractivity contribution is 0.382. The maximum Gasteiger partial charge on any atom is 0.243 e. The van der Waals surface area contributed by atoms with Gasteiger partial charge in [0.15, 0.2) is 0 Å². The quantitative estimate of drug-likeness (QED) is 0.597. The van der Waals surface area contributed by atoms with E-state index in [2.05, 4.69) is 15.3 Å². The summed E-state index contributed by atoms with van der Waals surface area (Å²) in [6.07, 6.45) is 0.